The summed E-state index contributed by atoms with van der Waals surface area (Å²) in [4.78, 5) is 14.3. The molecule has 1 saturated heterocycles. The molecular formula is C17H20ClN3O2. The van der Waals surface area contributed by atoms with Gasteiger partial charge in [0, 0.05) is 43.7 Å². The van der Waals surface area contributed by atoms with Gasteiger partial charge in [0.25, 0.3) is 5.91 Å². The van der Waals surface area contributed by atoms with Crippen LogP contribution in [0.1, 0.15) is 29.0 Å². The number of aryl methyl sites for hydroxylation is 2. The van der Waals surface area contributed by atoms with E-state index >= 15 is 0 Å². The first-order valence-corrected chi connectivity index (χ1v) is 8.13. The number of likely N-dealkylation sites (tertiary alicyclic amines) is 1. The van der Waals surface area contributed by atoms with E-state index in [4.69, 9.17) is 16.3 Å². The molecule has 1 aliphatic rings. The summed E-state index contributed by atoms with van der Waals surface area (Å²) in [6.45, 7) is 3.31. The number of amides is 1. The van der Waals surface area contributed by atoms with Gasteiger partial charge < -0.3 is 9.64 Å². The van der Waals surface area contributed by atoms with Gasteiger partial charge in [-0.05, 0) is 37.3 Å². The van der Waals surface area contributed by atoms with Gasteiger partial charge in [0.15, 0.2) is 5.69 Å². The van der Waals surface area contributed by atoms with E-state index in [0.717, 1.165) is 24.3 Å². The molecule has 0 bridgehead atoms. The SMILES string of the molecule is Cc1cc(C(=O)N2CCC(Oc3ccc(Cl)cc3)CC2)nn1C. The zero-order valence-corrected chi connectivity index (χ0v) is 14.1. The fourth-order valence-corrected chi connectivity index (χ4v) is 2.84. The number of benzene rings is 1. The third kappa shape index (κ3) is 3.67. The van der Waals surface area contributed by atoms with Crippen molar-refractivity contribution in [2.45, 2.75) is 25.9 Å². The number of piperidine rings is 1. The van der Waals surface area contributed by atoms with Crippen molar-refractivity contribution in [1.82, 2.24) is 14.7 Å². The minimum absolute atomic E-state index is 0.00126. The molecule has 1 fully saturated rings. The van der Waals surface area contributed by atoms with Crippen molar-refractivity contribution in [3.63, 3.8) is 0 Å². The van der Waals surface area contributed by atoms with Crippen molar-refractivity contribution >= 4 is 17.5 Å². The lowest BCUT2D eigenvalue weighted by molar-refractivity contribution is 0.0589. The van der Waals surface area contributed by atoms with Crippen LogP contribution < -0.4 is 4.74 Å². The number of hydrogen-bond acceptors (Lipinski definition) is 3. The Labute approximate surface area is 140 Å². The van der Waals surface area contributed by atoms with Gasteiger partial charge in [-0.2, -0.15) is 5.10 Å². The van der Waals surface area contributed by atoms with Gasteiger partial charge in [-0.15, -0.1) is 0 Å². The fraction of sp³-hybridized carbons (Fsp3) is 0.412. The van der Waals surface area contributed by atoms with Crippen LogP contribution in [0.15, 0.2) is 30.3 Å². The zero-order valence-electron chi connectivity index (χ0n) is 13.3. The lowest BCUT2D eigenvalue weighted by atomic mass is 10.1. The van der Waals surface area contributed by atoms with Crippen LogP contribution in [0.2, 0.25) is 5.02 Å². The van der Waals surface area contributed by atoms with Crippen LogP contribution in [0.25, 0.3) is 0 Å². The predicted octanol–water partition coefficient (Wildman–Crippen LogP) is 3.07. The molecule has 122 valence electrons. The fourth-order valence-electron chi connectivity index (χ4n) is 2.71. The molecule has 23 heavy (non-hydrogen) atoms. The van der Waals surface area contributed by atoms with Crippen molar-refractivity contribution < 1.29 is 9.53 Å². The number of rotatable bonds is 3. The number of hydrogen-bond donors (Lipinski definition) is 0. The Morgan fingerprint density at radius 1 is 1.26 bits per heavy atom. The maximum atomic E-state index is 12.5. The molecule has 2 heterocycles. The molecule has 3 rings (SSSR count). The van der Waals surface area contributed by atoms with Gasteiger partial charge in [0.1, 0.15) is 11.9 Å². The largest absolute Gasteiger partial charge is 0.490 e. The third-order valence-electron chi connectivity index (χ3n) is 4.18. The first-order valence-electron chi connectivity index (χ1n) is 7.75. The monoisotopic (exact) mass is 333 g/mol. The van der Waals surface area contributed by atoms with E-state index in [1.165, 1.54) is 0 Å². The van der Waals surface area contributed by atoms with Crippen LogP contribution in [0, 0.1) is 6.92 Å². The van der Waals surface area contributed by atoms with Crippen molar-refractivity contribution in [2.75, 3.05) is 13.1 Å². The molecule has 6 heteroatoms. The first-order chi connectivity index (χ1) is 11.0. The lowest BCUT2D eigenvalue weighted by Gasteiger charge is -2.31. The second-order valence-electron chi connectivity index (χ2n) is 5.86. The predicted molar refractivity (Wildman–Crippen MR) is 89.0 cm³/mol. The van der Waals surface area contributed by atoms with Crippen LogP contribution >= 0.6 is 11.6 Å². The van der Waals surface area contributed by atoms with E-state index < -0.39 is 0 Å². The Morgan fingerprint density at radius 2 is 1.91 bits per heavy atom. The molecule has 0 spiro atoms. The number of aromatic nitrogens is 2. The molecule has 5 nitrogen and oxygen atoms in total. The van der Waals surface area contributed by atoms with Gasteiger partial charge in [-0.3, -0.25) is 9.48 Å². The quantitative estimate of drug-likeness (QED) is 0.867. The van der Waals surface area contributed by atoms with Crippen LogP contribution in [0.5, 0.6) is 5.75 Å². The van der Waals surface area contributed by atoms with E-state index in [-0.39, 0.29) is 12.0 Å². The first kappa shape index (κ1) is 15.9. The number of halogens is 1. The van der Waals surface area contributed by atoms with E-state index in [1.807, 2.05) is 49.2 Å². The van der Waals surface area contributed by atoms with Gasteiger partial charge in [-0.1, -0.05) is 11.6 Å². The molecule has 0 saturated carbocycles. The highest BCUT2D eigenvalue weighted by molar-refractivity contribution is 6.30. The highest BCUT2D eigenvalue weighted by Crippen LogP contribution is 2.21. The van der Waals surface area contributed by atoms with E-state index in [9.17, 15) is 4.79 Å². The molecule has 2 aromatic rings. The van der Waals surface area contributed by atoms with Gasteiger partial charge in [0.05, 0.1) is 0 Å². The van der Waals surface area contributed by atoms with E-state index in [1.54, 1.807) is 4.68 Å². The summed E-state index contributed by atoms with van der Waals surface area (Å²) >= 11 is 5.87. The van der Waals surface area contributed by atoms with Gasteiger partial charge >= 0.3 is 0 Å². The molecule has 0 N–H and O–H groups in total. The average molecular weight is 334 g/mol. The molecule has 0 atom stereocenters. The zero-order chi connectivity index (χ0) is 16.4. The Morgan fingerprint density at radius 3 is 2.48 bits per heavy atom. The second kappa shape index (κ2) is 6.62. The number of ether oxygens (including phenoxy) is 1. The summed E-state index contributed by atoms with van der Waals surface area (Å²) in [5.74, 6) is 0.818. The molecule has 0 unspecified atom stereocenters. The summed E-state index contributed by atoms with van der Waals surface area (Å²) in [5, 5.41) is 4.96. The molecule has 0 aliphatic carbocycles. The highest BCUT2D eigenvalue weighted by Gasteiger charge is 2.26. The summed E-state index contributed by atoms with van der Waals surface area (Å²) in [5.41, 5.74) is 1.50. The molecule has 1 aromatic carbocycles. The third-order valence-corrected chi connectivity index (χ3v) is 4.43. The summed E-state index contributed by atoms with van der Waals surface area (Å²) in [7, 11) is 1.85. The van der Waals surface area contributed by atoms with E-state index in [0.29, 0.717) is 23.8 Å². The van der Waals surface area contributed by atoms with Crippen molar-refractivity contribution in [2.24, 2.45) is 7.05 Å². The Bertz CT molecular complexity index is 669. The molecule has 1 aromatic heterocycles. The summed E-state index contributed by atoms with van der Waals surface area (Å²) < 4.78 is 7.68. The maximum absolute atomic E-state index is 12.5. The molecule has 1 aliphatic heterocycles. The molecule has 1 amide bonds. The summed E-state index contributed by atoms with van der Waals surface area (Å²) in [6.07, 6.45) is 1.77. The maximum Gasteiger partial charge on any atom is 0.274 e. The number of carbonyl (C=O) groups excluding carboxylic acids is 1. The Kier molecular flexibility index (Phi) is 4.57. The Balaban J connectivity index is 1.55. The normalized spacial score (nSPS) is 15.7. The van der Waals surface area contributed by atoms with Crippen molar-refractivity contribution in [3.05, 3.63) is 46.7 Å². The van der Waals surface area contributed by atoms with Crippen LogP contribution in [0.3, 0.4) is 0 Å². The molecular weight excluding hydrogens is 314 g/mol. The van der Waals surface area contributed by atoms with Crippen LogP contribution in [-0.2, 0) is 7.05 Å². The highest BCUT2D eigenvalue weighted by atomic mass is 35.5. The molecule has 0 radical (unpaired) electrons. The standard InChI is InChI=1S/C17H20ClN3O2/c1-12-11-16(19-20(12)2)17(22)21-9-7-15(8-10-21)23-14-5-3-13(18)4-6-14/h3-6,11,15H,7-10H2,1-2H3. The van der Waals surface area contributed by atoms with Crippen molar-refractivity contribution in [1.29, 1.82) is 0 Å². The topological polar surface area (TPSA) is 47.4 Å². The smallest absolute Gasteiger partial charge is 0.274 e. The number of carbonyl (C=O) groups is 1. The van der Waals surface area contributed by atoms with Gasteiger partial charge in [-0.25, -0.2) is 0 Å². The Hall–Kier alpha value is -2.01. The van der Waals surface area contributed by atoms with Crippen LogP contribution in [-0.4, -0.2) is 39.8 Å². The number of nitrogens with zero attached hydrogens (tertiary/aromatic N) is 3. The minimum Gasteiger partial charge on any atom is -0.490 e. The minimum atomic E-state index is -0.00126. The lowest BCUT2D eigenvalue weighted by Crippen LogP contribution is -2.42. The van der Waals surface area contributed by atoms with Crippen molar-refractivity contribution in [3.8, 4) is 5.75 Å². The summed E-state index contributed by atoms with van der Waals surface area (Å²) in [6, 6.07) is 9.21. The van der Waals surface area contributed by atoms with Gasteiger partial charge in [0.2, 0.25) is 0 Å². The van der Waals surface area contributed by atoms with Crippen LogP contribution in [0.4, 0.5) is 0 Å². The average Bonchev–Trinajstić information content (AvgIpc) is 2.89. The van der Waals surface area contributed by atoms with E-state index in [2.05, 4.69) is 5.10 Å². The second-order valence-corrected chi connectivity index (χ2v) is 6.29.